The van der Waals surface area contributed by atoms with Gasteiger partial charge in [0.1, 0.15) is 10.2 Å². The zero-order valence-corrected chi connectivity index (χ0v) is 12.6. The molecule has 2 aromatic heterocycles. The van der Waals surface area contributed by atoms with Gasteiger partial charge in [0.15, 0.2) is 0 Å². The van der Waals surface area contributed by atoms with Gasteiger partial charge in [-0.1, -0.05) is 17.7 Å². The summed E-state index contributed by atoms with van der Waals surface area (Å²) in [6, 6.07) is 5.35. The first-order chi connectivity index (χ1) is 9.47. The van der Waals surface area contributed by atoms with Gasteiger partial charge in [-0.25, -0.2) is 14.8 Å². The summed E-state index contributed by atoms with van der Waals surface area (Å²) in [4.78, 5) is 19.6. The SMILES string of the molecule is Cc1cc(C)c(C(=O)O)c(SCc2ccc(Cl)nc2)n1. The maximum Gasteiger partial charge on any atom is 0.338 e. The maximum atomic E-state index is 11.3. The standard InChI is InChI=1S/C14H13ClN2O2S/c1-8-5-9(2)17-13(12(8)14(18)19)20-7-10-3-4-11(15)16-6-10/h3-6H,7H2,1-2H3,(H,18,19). The molecule has 2 aromatic rings. The van der Waals surface area contributed by atoms with Crippen molar-refractivity contribution in [1.29, 1.82) is 0 Å². The molecular weight excluding hydrogens is 296 g/mol. The average Bonchev–Trinajstić information content (AvgIpc) is 2.36. The number of aromatic carboxylic acids is 1. The molecule has 2 rings (SSSR count). The number of thioether (sulfide) groups is 1. The molecule has 0 spiro atoms. The predicted octanol–water partition coefficient (Wildman–Crippen LogP) is 3.74. The van der Waals surface area contributed by atoms with Crippen LogP contribution in [0.1, 0.15) is 27.2 Å². The van der Waals surface area contributed by atoms with Gasteiger partial charge in [-0.2, -0.15) is 0 Å². The Hall–Kier alpha value is -1.59. The summed E-state index contributed by atoms with van der Waals surface area (Å²) >= 11 is 7.12. The molecule has 0 bridgehead atoms. The summed E-state index contributed by atoms with van der Waals surface area (Å²) in [5, 5.41) is 10.3. The molecule has 6 heteroatoms. The van der Waals surface area contributed by atoms with Crippen molar-refractivity contribution in [1.82, 2.24) is 9.97 Å². The highest BCUT2D eigenvalue weighted by atomic mass is 35.5. The van der Waals surface area contributed by atoms with Gasteiger partial charge < -0.3 is 5.11 Å². The Kier molecular flexibility index (Phi) is 4.62. The second-order valence-corrected chi connectivity index (χ2v) is 5.69. The van der Waals surface area contributed by atoms with Crippen LogP contribution in [0, 0.1) is 13.8 Å². The summed E-state index contributed by atoms with van der Waals surface area (Å²) in [6.07, 6.45) is 1.68. The van der Waals surface area contributed by atoms with E-state index in [9.17, 15) is 9.90 Å². The molecule has 1 N–H and O–H groups in total. The van der Waals surface area contributed by atoms with Crippen LogP contribution in [0.25, 0.3) is 0 Å². The molecule has 0 fully saturated rings. The summed E-state index contributed by atoms with van der Waals surface area (Å²) in [5.74, 6) is -0.355. The normalized spacial score (nSPS) is 10.6. The molecular formula is C14H13ClN2O2S. The first kappa shape index (κ1) is 14.8. The topological polar surface area (TPSA) is 63.1 Å². The first-order valence-corrected chi connectivity index (χ1v) is 7.28. The lowest BCUT2D eigenvalue weighted by Gasteiger charge is -2.09. The van der Waals surface area contributed by atoms with Crippen LogP contribution in [-0.4, -0.2) is 21.0 Å². The van der Waals surface area contributed by atoms with Crippen LogP contribution in [0.2, 0.25) is 5.15 Å². The van der Waals surface area contributed by atoms with Gasteiger partial charge in [0.05, 0.1) is 5.56 Å². The van der Waals surface area contributed by atoms with E-state index in [0.29, 0.717) is 15.9 Å². The third kappa shape index (κ3) is 3.49. The number of aromatic nitrogens is 2. The van der Waals surface area contributed by atoms with E-state index in [1.165, 1.54) is 11.8 Å². The van der Waals surface area contributed by atoms with Crippen LogP contribution in [0.3, 0.4) is 0 Å². The fourth-order valence-electron chi connectivity index (χ4n) is 1.81. The molecule has 0 aliphatic rings. The van der Waals surface area contributed by atoms with Crippen molar-refractivity contribution in [3.8, 4) is 0 Å². The molecule has 0 saturated carbocycles. The molecule has 0 atom stereocenters. The molecule has 104 valence electrons. The van der Waals surface area contributed by atoms with Gasteiger partial charge in [-0.15, -0.1) is 11.8 Å². The summed E-state index contributed by atoms with van der Waals surface area (Å²) < 4.78 is 0. The monoisotopic (exact) mass is 308 g/mol. The lowest BCUT2D eigenvalue weighted by molar-refractivity contribution is 0.0691. The van der Waals surface area contributed by atoms with E-state index in [4.69, 9.17) is 11.6 Å². The Labute approximate surface area is 126 Å². The highest BCUT2D eigenvalue weighted by Crippen LogP contribution is 2.27. The van der Waals surface area contributed by atoms with Crippen molar-refractivity contribution in [2.24, 2.45) is 0 Å². The number of nitrogens with zero attached hydrogens (tertiary/aromatic N) is 2. The Morgan fingerprint density at radius 1 is 1.40 bits per heavy atom. The summed E-state index contributed by atoms with van der Waals surface area (Å²) in [6.45, 7) is 3.64. The van der Waals surface area contributed by atoms with Crippen LogP contribution in [0.5, 0.6) is 0 Å². The van der Waals surface area contributed by atoms with Gasteiger partial charge in [-0.05, 0) is 37.1 Å². The van der Waals surface area contributed by atoms with E-state index >= 15 is 0 Å². The molecule has 0 amide bonds. The van der Waals surface area contributed by atoms with Crippen LogP contribution >= 0.6 is 23.4 Å². The minimum Gasteiger partial charge on any atom is -0.478 e. The predicted molar refractivity (Wildman–Crippen MR) is 79.5 cm³/mol. The minimum absolute atomic E-state index is 0.266. The third-order valence-corrected chi connectivity index (χ3v) is 3.96. The molecule has 2 heterocycles. The molecule has 4 nitrogen and oxygen atoms in total. The highest BCUT2D eigenvalue weighted by Gasteiger charge is 2.16. The second kappa shape index (κ2) is 6.24. The first-order valence-electron chi connectivity index (χ1n) is 5.92. The molecule has 0 saturated heterocycles. The number of aryl methyl sites for hydroxylation is 2. The van der Waals surface area contributed by atoms with Crippen molar-refractivity contribution >= 4 is 29.3 Å². The van der Waals surface area contributed by atoms with E-state index in [1.807, 2.05) is 13.0 Å². The fraction of sp³-hybridized carbons (Fsp3) is 0.214. The maximum absolute atomic E-state index is 11.3. The van der Waals surface area contributed by atoms with E-state index in [-0.39, 0.29) is 5.56 Å². The molecule has 0 unspecified atom stereocenters. The number of hydrogen-bond donors (Lipinski definition) is 1. The van der Waals surface area contributed by atoms with Gasteiger partial charge in [-0.3, -0.25) is 0 Å². The molecule has 20 heavy (non-hydrogen) atoms. The number of rotatable bonds is 4. The smallest absolute Gasteiger partial charge is 0.338 e. The van der Waals surface area contributed by atoms with Crippen LogP contribution in [0.15, 0.2) is 29.4 Å². The lowest BCUT2D eigenvalue weighted by Crippen LogP contribution is -2.05. The minimum atomic E-state index is -0.952. The number of hydrogen-bond acceptors (Lipinski definition) is 4. The van der Waals surface area contributed by atoms with Gasteiger partial charge in [0.25, 0.3) is 0 Å². The van der Waals surface area contributed by atoms with Gasteiger partial charge in [0.2, 0.25) is 0 Å². The van der Waals surface area contributed by atoms with E-state index in [1.54, 1.807) is 25.3 Å². The van der Waals surface area contributed by atoms with Crippen molar-refractivity contribution in [3.05, 3.63) is 51.9 Å². The highest BCUT2D eigenvalue weighted by molar-refractivity contribution is 7.98. The molecule has 0 aromatic carbocycles. The Balaban J connectivity index is 2.24. The molecule has 0 aliphatic carbocycles. The third-order valence-electron chi connectivity index (χ3n) is 2.69. The number of carboxylic acids is 1. The quantitative estimate of drug-likeness (QED) is 0.688. The van der Waals surface area contributed by atoms with E-state index in [2.05, 4.69) is 9.97 Å². The zero-order chi connectivity index (χ0) is 14.7. The van der Waals surface area contributed by atoms with E-state index < -0.39 is 5.97 Å². The van der Waals surface area contributed by atoms with Gasteiger partial charge >= 0.3 is 5.97 Å². The zero-order valence-electron chi connectivity index (χ0n) is 11.1. The fourth-order valence-corrected chi connectivity index (χ4v) is 3.00. The summed E-state index contributed by atoms with van der Waals surface area (Å²) in [7, 11) is 0. The summed E-state index contributed by atoms with van der Waals surface area (Å²) in [5.41, 5.74) is 2.77. The van der Waals surface area contributed by atoms with Crippen LogP contribution in [-0.2, 0) is 5.75 Å². The van der Waals surface area contributed by atoms with Crippen molar-refractivity contribution in [2.75, 3.05) is 0 Å². The number of halogens is 1. The Bertz CT molecular complexity index is 644. The number of pyridine rings is 2. The largest absolute Gasteiger partial charge is 0.478 e. The Morgan fingerprint density at radius 2 is 2.15 bits per heavy atom. The van der Waals surface area contributed by atoms with Crippen molar-refractivity contribution in [3.63, 3.8) is 0 Å². The number of carboxylic acid groups (broad SMARTS) is 1. The molecule has 0 aliphatic heterocycles. The number of carbonyl (C=O) groups is 1. The lowest BCUT2D eigenvalue weighted by atomic mass is 10.1. The Morgan fingerprint density at radius 3 is 2.75 bits per heavy atom. The average molecular weight is 309 g/mol. The van der Waals surface area contributed by atoms with E-state index in [0.717, 1.165) is 16.8 Å². The van der Waals surface area contributed by atoms with Crippen LogP contribution < -0.4 is 0 Å². The van der Waals surface area contributed by atoms with Gasteiger partial charge in [0, 0.05) is 17.6 Å². The second-order valence-electron chi connectivity index (χ2n) is 4.34. The molecule has 0 radical (unpaired) electrons. The van der Waals surface area contributed by atoms with Crippen molar-refractivity contribution in [2.45, 2.75) is 24.6 Å². The van der Waals surface area contributed by atoms with Crippen LogP contribution in [0.4, 0.5) is 0 Å². The van der Waals surface area contributed by atoms with Crippen molar-refractivity contribution < 1.29 is 9.90 Å².